The lowest BCUT2D eigenvalue weighted by molar-refractivity contribution is -0.296. The molecule has 3 fully saturated rings. The number of aromatic nitrogens is 1. The van der Waals surface area contributed by atoms with Crippen LogP contribution >= 0.6 is 0 Å². The molecule has 0 bridgehead atoms. The number of Topliss-reactive ketones (excluding diaryl/α,β-unsaturated/α-hetero) is 1. The number of carbonyl (C=O) groups is 3. The van der Waals surface area contributed by atoms with E-state index in [2.05, 4.69) is 4.98 Å². The van der Waals surface area contributed by atoms with Gasteiger partial charge < -0.3 is 39.4 Å². The van der Waals surface area contributed by atoms with Crippen LogP contribution in [0.5, 0.6) is 0 Å². The summed E-state index contributed by atoms with van der Waals surface area (Å²) in [6.45, 7) is 15.9. The number of alkyl halides is 1. The normalized spacial score (nSPS) is 40.9. The lowest BCUT2D eigenvalue weighted by atomic mass is 9.72. The summed E-state index contributed by atoms with van der Waals surface area (Å²) in [5.74, 6) is -4.62. The Balaban J connectivity index is 1.76. The highest BCUT2D eigenvalue weighted by molar-refractivity contribution is 6.07. The molecular formula is C40H66FN5O9. The van der Waals surface area contributed by atoms with Gasteiger partial charge in [-0.15, -0.1) is 0 Å². The summed E-state index contributed by atoms with van der Waals surface area (Å²) in [6, 6.07) is 4.05. The van der Waals surface area contributed by atoms with Crippen molar-refractivity contribution in [3.8, 4) is 0 Å². The van der Waals surface area contributed by atoms with E-state index in [-0.39, 0.29) is 24.5 Å². The number of carbonyl (C=O) groups excluding carboxylic acids is 3. The van der Waals surface area contributed by atoms with E-state index in [0.29, 0.717) is 32.4 Å². The molecule has 3 N–H and O–H groups in total. The van der Waals surface area contributed by atoms with Gasteiger partial charge in [0, 0.05) is 50.1 Å². The summed E-state index contributed by atoms with van der Waals surface area (Å²) in [4.78, 5) is 48.3. The third-order valence-corrected chi connectivity index (χ3v) is 12.5. The molecule has 4 heterocycles. The summed E-state index contributed by atoms with van der Waals surface area (Å²) in [5.41, 5.74) is 2.15. The van der Waals surface area contributed by atoms with Crippen LogP contribution in [0, 0.1) is 17.8 Å². The quantitative estimate of drug-likeness (QED) is 0.260. The second-order valence-electron chi connectivity index (χ2n) is 16.8. The number of hydrogen-bond acceptors (Lipinski definition) is 13. The van der Waals surface area contributed by atoms with Crippen LogP contribution in [-0.4, -0.2) is 143 Å². The molecule has 312 valence electrons. The van der Waals surface area contributed by atoms with Crippen LogP contribution in [0.1, 0.15) is 87.3 Å². The van der Waals surface area contributed by atoms with E-state index < -0.39 is 83.2 Å². The molecule has 3 saturated heterocycles. The van der Waals surface area contributed by atoms with Crippen molar-refractivity contribution in [1.82, 2.24) is 19.9 Å². The third-order valence-electron chi connectivity index (χ3n) is 12.5. The smallest absolute Gasteiger partial charge is 0.425 e. The fraction of sp³-hybridized carbons (Fsp3) is 0.800. The number of methoxy groups -OCH3 is 1. The molecule has 0 radical (unpaired) electrons. The second kappa shape index (κ2) is 17.8. The number of nitrogens with zero attached hydrogens (tertiary/aromatic N) is 4. The van der Waals surface area contributed by atoms with E-state index in [1.54, 1.807) is 25.1 Å². The van der Waals surface area contributed by atoms with Gasteiger partial charge in [-0.25, -0.2) is 24.0 Å². The minimum absolute atomic E-state index is 0.218. The molecular weight excluding hydrogens is 713 g/mol. The lowest BCUT2D eigenvalue weighted by Gasteiger charge is -2.48. The zero-order valence-corrected chi connectivity index (χ0v) is 34.9. The molecule has 1 amide bonds. The van der Waals surface area contributed by atoms with Crippen LogP contribution in [0.15, 0.2) is 24.4 Å². The fourth-order valence-electron chi connectivity index (χ4n) is 8.88. The van der Waals surface area contributed by atoms with Gasteiger partial charge in [0.1, 0.15) is 12.2 Å². The molecule has 2 unspecified atom stereocenters. The molecule has 15 heteroatoms. The Morgan fingerprint density at radius 1 is 1.11 bits per heavy atom. The number of rotatable bonds is 10. The number of aryl methyl sites for hydroxylation is 1. The van der Waals surface area contributed by atoms with Gasteiger partial charge in [-0.3, -0.25) is 9.78 Å². The van der Waals surface area contributed by atoms with Crippen molar-refractivity contribution in [2.45, 2.75) is 154 Å². The molecule has 55 heavy (non-hydrogen) atoms. The molecule has 4 rings (SSSR count). The number of fused-ring (bicyclic) bond motifs is 1. The predicted molar refractivity (Wildman–Crippen MR) is 203 cm³/mol. The van der Waals surface area contributed by atoms with Crippen LogP contribution in [0.25, 0.3) is 0 Å². The van der Waals surface area contributed by atoms with Crippen LogP contribution in [0.4, 0.5) is 9.18 Å². The molecule has 3 aliphatic rings. The Hall–Kier alpha value is -2.79. The van der Waals surface area contributed by atoms with E-state index in [9.17, 15) is 19.5 Å². The lowest BCUT2D eigenvalue weighted by Crippen LogP contribution is -2.64. The van der Waals surface area contributed by atoms with Crippen LogP contribution in [0.3, 0.4) is 0 Å². The number of ether oxygens (including phenoxy) is 5. The number of likely N-dealkylation sites (N-methyl/N-ethyl adjacent to an activating group) is 1. The van der Waals surface area contributed by atoms with Crippen LogP contribution in [-0.2, 0) is 39.7 Å². The van der Waals surface area contributed by atoms with E-state index in [1.165, 1.54) is 21.0 Å². The Labute approximate surface area is 326 Å². The van der Waals surface area contributed by atoms with Gasteiger partial charge >= 0.3 is 12.1 Å². The number of nitrogens with two attached hydrogens (primary N) is 1. The van der Waals surface area contributed by atoms with Crippen molar-refractivity contribution in [3.63, 3.8) is 0 Å². The first-order valence-electron chi connectivity index (χ1n) is 19.7. The number of pyridine rings is 1. The predicted octanol–water partition coefficient (Wildman–Crippen LogP) is 3.92. The number of hydrogen-bond donors (Lipinski definition) is 2. The maximum atomic E-state index is 16.8. The molecule has 0 spiro atoms. The summed E-state index contributed by atoms with van der Waals surface area (Å²) in [5, 5.41) is 14.9. The van der Waals surface area contributed by atoms with E-state index in [1.807, 2.05) is 69.9 Å². The van der Waals surface area contributed by atoms with Crippen molar-refractivity contribution in [3.05, 3.63) is 30.1 Å². The SMILES string of the molecule is CCN(CCCc1ccccn1)N1C(=O)O[C@]2(C)[C@H](C)OC(=O)C(C)(F)C(=O)[C@H](C)[C@@H](O[C@@H]3O[C@H](C)C[C@H](N(C)C)[C@H]3O)[C@@](C)(OC)C[C@@H](C)C(N)[C@@H](C)[C@@H]12. The molecule has 0 aromatic carbocycles. The van der Waals surface area contributed by atoms with E-state index in [0.717, 1.165) is 12.6 Å². The average molecular weight is 780 g/mol. The minimum Gasteiger partial charge on any atom is -0.456 e. The third kappa shape index (κ3) is 9.18. The van der Waals surface area contributed by atoms with Gasteiger partial charge in [0.05, 0.1) is 23.9 Å². The van der Waals surface area contributed by atoms with Crippen molar-refractivity contribution < 1.29 is 47.6 Å². The number of aliphatic hydroxyl groups is 1. The standard InChI is InChI=1S/C40H66FN5O9/c1-13-45(20-16-18-28-17-14-15-19-43-28)46-32-25(4)30(42)23(2)22-38(7,51-12)34(54-35-31(47)29(44(10)11)21-24(3)52-35)26(5)33(48)39(8,41)36(49)53-27(6)40(32,9)55-37(46)50/h14-15,17,19,23-27,29-32,34-35,47H,13,16,18,20-22,42H2,1-12H3/t23-,24-,25-,26+,27+,29+,30?,31-,32-,34-,35+,38+,39?,40-/m1/s1. The molecule has 1 aromatic rings. The Morgan fingerprint density at radius 2 is 1.78 bits per heavy atom. The highest BCUT2D eigenvalue weighted by atomic mass is 19.1. The number of hydrazine groups is 1. The van der Waals surface area contributed by atoms with Gasteiger partial charge in [-0.05, 0) is 98.4 Å². The van der Waals surface area contributed by atoms with Gasteiger partial charge in [-0.2, -0.15) is 0 Å². The Morgan fingerprint density at radius 3 is 2.36 bits per heavy atom. The zero-order valence-electron chi connectivity index (χ0n) is 34.9. The van der Waals surface area contributed by atoms with Gasteiger partial charge in [0.2, 0.25) is 0 Å². The first-order chi connectivity index (χ1) is 25.6. The molecule has 0 aliphatic carbocycles. The van der Waals surface area contributed by atoms with Crippen molar-refractivity contribution in [1.29, 1.82) is 0 Å². The van der Waals surface area contributed by atoms with Gasteiger partial charge in [0.15, 0.2) is 17.7 Å². The fourth-order valence-corrected chi connectivity index (χ4v) is 8.88. The number of esters is 1. The van der Waals surface area contributed by atoms with Crippen molar-refractivity contribution >= 4 is 17.8 Å². The summed E-state index contributed by atoms with van der Waals surface area (Å²) in [6.07, 6.45) is -1.80. The zero-order chi connectivity index (χ0) is 41.2. The maximum absolute atomic E-state index is 16.8. The van der Waals surface area contributed by atoms with Crippen LogP contribution < -0.4 is 5.73 Å². The molecule has 3 aliphatic heterocycles. The van der Waals surface area contributed by atoms with E-state index >= 15 is 4.39 Å². The molecule has 1 aromatic heterocycles. The highest BCUT2D eigenvalue weighted by Crippen LogP contribution is 2.44. The number of aliphatic hydroxyl groups excluding tert-OH is 1. The first kappa shape index (κ1) is 44.9. The average Bonchev–Trinajstić information content (AvgIpc) is 3.42. The van der Waals surface area contributed by atoms with Crippen LogP contribution in [0.2, 0.25) is 0 Å². The van der Waals surface area contributed by atoms with Gasteiger partial charge in [0.25, 0.3) is 5.67 Å². The van der Waals surface area contributed by atoms with Crippen molar-refractivity contribution in [2.75, 3.05) is 34.3 Å². The Bertz CT molecular complexity index is 1470. The first-order valence-corrected chi connectivity index (χ1v) is 19.7. The highest BCUT2D eigenvalue weighted by Gasteiger charge is 2.62. The summed E-state index contributed by atoms with van der Waals surface area (Å²) >= 11 is 0. The second-order valence-corrected chi connectivity index (χ2v) is 16.8. The number of amides is 1. The van der Waals surface area contributed by atoms with E-state index in [4.69, 9.17) is 29.4 Å². The minimum atomic E-state index is -3.14. The molecule has 14 atom stereocenters. The number of ketones is 1. The Kier molecular flexibility index (Phi) is 14.5. The number of halogens is 1. The summed E-state index contributed by atoms with van der Waals surface area (Å²) < 4.78 is 47.5. The summed E-state index contributed by atoms with van der Waals surface area (Å²) in [7, 11) is 5.16. The monoisotopic (exact) mass is 779 g/mol. The molecule has 0 saturated carbocycles. The number of cyclic esters (lactones) is 1. The van der Waals surface area contributed by atoms with Crippen molar-refractivity contribution in [2.24, 2.45) is 23.5 Å². The maximum Gasteiger partial charge on any atom is 0.425 e. The largest absolute Gasteiger partial charge is 0.456 e. The molecule has 14 nitrogen and oxygen atoms in total. The van der Waals surface area contributed by atoms with Gasteiger partial charge in [-0.1, -0.05) is 33.8 Å². The topological polar surface area (TPSA) is 166 Å².